The first kappa shape index (κ1) is 36.5. The number of hydrogen-bond donors (Lipinski definition) is 0. The van der Waals surface area contributed by atoms with Crippen LogP contribution in [0, 0.1) is 0 Å². The lowest BCUT2D eigenvalue weighted by Gasteiger charge is -2.16. The van der Waals surface area contributed by atoms with E-state index in [-0.39, 0.29) is 0 Å². The third kappa shape index (κ3) is 5.44. The van der Waals surface area contributed by atoms with E-state index in [2.05, 4.69) is 215 Å². The average molecular weight is 840 g/mol. The Labute approximate surface area is 379 Å². The summed E-state index contributed by atoms with van der Waals surface area (Å²) in [5.74, 6) is 1.86. The molecule has 66 heavy (non-hydrogen) atoms. The van der Waals surface area contributed by atoms with Crippen molar-refractivity contribution in [1.29, 1.82) is 0 Å². The quantitative estimate of drug-likeness (QED) is 0.162. The lowest BCUT2D eigenvalue weighted by Crippen LogP contribution is -2.04. The molecule has 0 saturated heterocycles. The van der Waals surface area contributed by atoms with Gasteiger partial charge >= 0.3 is 0 Å². The summed E-state index contributed by atoms with van der Waals surface area (Å²) in [6, 6.07) is 80.5. The Balaban J connectivity index is 1.08. The number of aromatic nitrogens is 5. The first-order valence-electron chi connectivity index (χ1n) is 22.4. The van der Waals surface area contributed by atoms with Crippen LogP contribution in [0.1, 0.15) is 0 Å². The van der Waals surface area contributed by atoms with Gasteiger partial charge in [-0.3, -0.25) is 0 Å². The minimum absolute atomic E-state index is 0.604. The predicted molar refractivity (Wildman–Crippen MR) is 275 cm³/mol. The fraction of sp³-hybridized carbons (Fsp3) is 0. The molecular formula is C61H37N5. The summed E-state index contributed by atoms with van der Waals surface area (Å²) in [5.41, 5.74) is 9.49. The van der Waals surface area contributed by atoms with Crippen LogP contribution >= 0.6 is 0 Å². The molecule has 3 aromatic heterocycles. The average Bonchev–Trinajstić information content (AvgIpc) is 3.90. The van der Waals surface area contributed by atoms with Gasteiger partial charge in [0.25, 0.3) is 0 Å². The van der Waals surface area contributed by atoms with Crippen LogP contribution in [-0.2, 0) is 0 Å². The van der Waals surface area contributed by atoms with Gasteiger partial charge in [-0.1, -0.05) is 176 Å². The Morgan fingerprint density at radius 1 is 0.273 bits per heavy atom. The van der Waals surface area contributed by atoms with Crippen molar-refractivity contribution in [1.82, 2.24) is 24.1 Å². The van der Waals surface area contributed by atoms with Crippen LogP contribution in [0.4, 0.5) is 0 Å². The molecule has 0 unspecified atom stereocenters. The van der Waals surface area contributed by atoms with E-state index in [4.69, 9.17) is 15.0 Å². The van der Waals surface area contributed by atoms with E-state index in [1.165, 1.54) is 64.9 Å². The highest BCUT2D eigenvalue weighted by Gasteiger charge is 2.24. The molecule has 0 fully saturated rings. The van der Waals surface area contributed by atoms with Crippen molar-refractivity contribution in [3.8, 4) is 45.5 Å². The second kappa shape index (κ2) is 14.3. The Hall–Kier alpha value is -8.93. The van der Waals surface area contributed by atoms with E-state index in [0.29, 0.717) is 17.5 Å². The van der Waals surface area contributed by atoms with Crippen molar-refractivity contribution in [2.45, 2.75) is 0 Å². The van der Waals surface area contributed by atoms with Gasteiger partial charge in [-0.25, -0.2) is 15.0 Å². The van der Waals surface area contributed by atoms with Crippen molar-refractivity contribution < 1.29 is 0 Å². The molecule has 0 aliphatic heterocycles. The summed E-state index contributed by atoms with van der Waals surface area (Å²) in [5, 5.41) is 14.2. The molecular weight excluding hydrogens is 803 g/mol. The summed E-state index contributed by atoms with van der Waals surface area (Å²) in [4.78, 5) is 16.1. The first-order valence-corrected chi connectivity index (χ1v) is 22.4. The second-order valence-corrected chi connectivity index (χ2v) is 17.1. The molecule has 0 aliphatic rings. The monoisotopic (exact) mass is 839 g/mol. The Morgan fingerprint density at radius 2 is 0.864 bits per heavy atom. The van der Waals surface area contributed by atoms with Gasteiger partial charge in [0.05, 0.1) is 33.4 Å². The molecule has 5 heteroatoms. The molecule has 5 nitrogen and oxygen atoms in total. The maximum absolute atomic E-state index is 5.45. The molecule has 14 aromatic rings. The zero-order valence-electron chi connectivity index (χ0n) is 35.6. The van der Waals surface area contributed by atoms with Crippen molar-refractivity contribution in [3.05, 3.63) is 224 Å². The fourth-order valence-electron chi connectivity index (χ4n) is 10.6. The van der Waals surface area contributed by atoms with Crippen LogP contribution in [0.5, 0.6) is 0 Å². The maximum Gasteiger partial charge on any atom is 0.166 e. The normalized spacial score (nSPS) is 11.9. The highest BCUT2D eigenvalue weighted by molar-refractivity contribution is 6.22. The molecule has 0 amide bonds. The third-order valence-corrected chi connectivity index (χ3v) is 13.5. The zero-order valence-corrected chi connectivity index (χ0v) is 35.6. The number of fused-ring (bicyclic) bond motifs is 12. The fourth-order valence-corrected chi connectivity index (χ4v) is 10.6. The third-order valence-electron chi connectivity index (χ3n) is 13.5. The molecule has 3 heterocycles. The summed E-state index contributed by atoms with van der Waals surface area (Å²) < 4.78 is 4.93. The molecule has 0 bridgehead atoms. The number of hydrogen-bond acceptors (Lipinski definition) is 3. The number of rotatable bonds is 5. The van der Waals surface area contributed by atoms with Crippen molar-refractivity contribution in [2.24, 2.45) is 0 Å². The zero-order chi connectivity index (χ0) is 43.3. The Bertz CT molecular complexity index is 4290. The summed E-state index contributed by atoms with van der Waals surface area (Å²) in [6.45, 7) is 0. The SMILES string of the molecule is c1ccc(-c2nc(-c3ccccc3-n3c4cc5ccccc5cc4c4c(-n5c6ccccc6c6ccc7ccccc7c65)cccc43)nc(-c3cc4ccccc4c4ccccc34)n2)cc1. The first-order chi connectivity index (χ1) is 32.7. The van der Waals surface area contributed by atoms with E-state index in [1.807, 2.05) is 18.2 Å². The molecule has 0 N–H and O–H groups in total. The molecule has 0 radical (unpaired) electrons. The van der Waals surface area contributed by atoms with E-state index >= 15 is 0 Å². The summed E-state index contributed by atoms with van der Waals surface area (Å²) >= 11 is 0. The summed E-state index contributed by atoms with van der Waals surface area (Å²) in [7, 11) is 0. The van der Waals surface area contributed by atoms with E-state index in [9.17, 15) is 0 Å². The van der Waals surface area contributed by atoms with Crippen LogP contribution in [0.25, 0.3) is 132 Å². The van der Waals surface area contributed by atoms with Crippen LogP contribution in [0.15, 0.2) is 224 Å². The lowest BCUT2D eigenvalue weighted by atomic mass is 9.97. The van der Waals surface area contributed by atoms with Crippen LogP contribution < -0.4 is 0 Å². The number of para-hydroxylation sites is 2. The Kier molecular flexibility index (Phi) is 7.91. The van der Waals surface area contributed by atoms with E-state index in [1.54, 1.807) is 0 Å². The molecule has 306 valence electrons. The second-order valence-electron chi connectivity index (χ2n) is 17.1. The van der Waals surface area contributed by atoms with Gasteiger partial charge in [-0.2, -0.15) is 0 Å². The van der Waals surface area contributed by atoms with Gasteiger partial charge in [0.1, 0.15) is 0 Å². The van der Waals surface area contributed by atoms with Crippen LogP contribution in [-0.4, -0.2) is 24.1 Å². The summed E-state index contributed by atoms with van der Waals surface area (Å²) in [6.07, 6.45) is 0. The molecule has 0 atom stereocenters. The lowest BCUT2D eigenvalue weighted by molar-refractivity contribution is 1.07. The minimum atomic E-state index is 0.604. The molecule has 11 aromatic carbocycles. The van der Waals surface area contributed by atoms with Crippen LogP contribution in [0.2, 0.25) is 0 Å². The largest absolute Gasteiger partial charge is 0.308 e. The van der Waals surface area contributed by atoms with Gasteiger partial charge in [-0.05, 0) is 86.2 Å². The Morgan fingerprint density at radius 3 is 1.70 bits per heavy atom. The number of nitrogens with zero attached hydrogens (tertiary/aromatic N) is 5. The van der Waals surface area contributed by atoms with Crippen molar-refractivity contribution in [3.63, 3.8) is 0 Å². The van der Waals surface area contributed by atoms with E-state index in [0.717, 1.165) is 49.9 Å². The van der Waals surface area contributed by atoms with Crippen LogP contribution in [0.3, 0.4) is 0 Å². The standard InChI is InChI=1S/C61H37N5/c1-2-18-39(19-3-1)59-62-60(64-61(63-59)50-36-42-22-7-8-23-43(42)45-25-10-11-26-46(45)50)49-28-13-15-30-53(49)65-54-31-16-32-55(57(54)51-35-40-20-4-5-21-41(40)37-56(51)65)66-52-29-14-12-27-47(52)48-34-33-38-17-6-9-24-44(38)58(48)66/h1-37H. The van der Waals surface area contributed by atoms with Gasteiger partial charge < -0.3 is 9.13 Å². The highest BCUT2D eigenvalue weighted by Crippen LogP contribution is 2.44. The van der Waals surface area contributed by atoms with Gasteiger partial charge in [0, 0.05) is 43.6 Å². The number of benzene rings is 11. The topological polar surface area (TPSA) is 48.5 Å². The smallest absolute Gasteiger partial charge is 0.166 e. The minimum Gasteiger partial charge on any atom is -0.308 e. The van der Waals surface area contributed by atoms with Crippen molar-refractivity contribution >= 4 is 86.7 Å². The molecule has 0 spiro atoms. The van der Waals surface area contributed by atoms with Gasteiger partial charge in [-0.15, -0.1) is 0 Å². The highest BCUT2D eigenvalue weighted by atomic mass is 15.1. The predicted octanol–water partition coefficient (Wildman–Crippen LogP) is 15.7. The van der Waals surface area contributed by atoms with Crippen molar-refractivity contribution in [2.75, 3.05) is 0 Å². The van der Waals surface area contributed by atoms with Gasteiger partial charge in [0.2, 0.25) is 0 Å². The molecule has 0 aliphatic carbocycles. The molecule has 0 saturated carbocycles. The molecule has 14 rings (SSSR count). The maximum atomic E-state index is 5.45. The van der Waals surface area contributed by atoms with E-state index < -0.39 is 0 Å². The van der Waals surface area contributed by atoms with Gasteiger partial charge in [0.15, 0.2) is 17.5 Å².